The van der Waals surface area contributed by atoms with Gasteiger partial charge in [0.1, 0.15) is 6.04 Å². The number of piperazine rings is 1. The van der Waals surface area contributed by atoms with Crippen molar-refractivity contribution in [3.8, 4) is 0 Å². The third-order valence-electron chi connectivity index (χ3n) is 3.51. The minimum atomic E-state index is -0.519. The van der Waals surface area contributed by atoms with Gasteiger partial charge >= 0.3 is 0 Å². The van der Waals surface area contributed by atoms with Crippen molar-refractivity contribution in [2.45, 2.75) is 32.4 Å². The molecule has 1 unspecified atom stereocenters. The molecule has 0 aliphatic carbocycles. The Morgan fingerprint density at radius 3 is 2.72 bits per heavy atom. The Balaban J connectivity index is 2.48. The number of aliphatic hydroxyl groups excluding tert-OH is 1. The van der Waals surface area contributed by atoms with Gasteiger partial charge in [0.25, 0.3) is 0 Å². The first-order valence-electron chi connectivity index (χ1n) is 6.21. The van der Waals surface area contributed by atoms with Gasteiger partial charge in [0, 0.05) is 12.2 Å². The first-order valence-corrected chi connectivity index (χ1v) is 6.21. The lowest BCUT2D eigenvalue weighted by Gasteiger charge is -2.48. The Morgan fingerprint density at radius 1 is 1.44 bits per heavy atom. The van der Waals surface area contributed by atoms with Gasteiger partial charge in [0.15, 0.2) is 0 Å². The molecule has 1 aromatic carbocycles. The molecule has 0 radical (unpaired) electrons. The van der Waals surface area contributed by atoms with Crippen molar-refractivity contribution in [1.82, 2.24) is 5.32 Å². The molecule has 98 valence electrons. The zero-order chi connectivity index (χ0) is 13.3. The molecule has 0 saturated carbocycles. The molecule has 1 aliphatic heterocycles. The van der Waals surface area contributed by atoms with Crippen LogP contribution in [-0.4, -0.2) is 35.7 Å². The van der Waals surface area contributed by atoms with Crippen molar-refractivity contribution in [2.24, 2.45) is 0 Å². The van der Waals surface area contributed by atoms with Gasteiger partial charge in [-0.2, -0.15) is 0 Å². The third-order valence-corrected chi connectivity index (χ3v) is 3.51. The second kappa shape index (κ2) is 4.61. The van der Waals surface area contributed by atoms with E-state index in [0.29, 0.717) is 6.54 Å². The van der Waals surface area contributed by atoms with E-state index in [1.54, 1.807) is 0 Å². The lowest BCUT2D eigenvalue weighted by atomic mass is 9.94. The molecule has 1 aromatic rings. The molecule has 1 aliphatic rings. The third kappa shape index (κ3) is 2.08. The lowest BCUT2D eigenvalue weighted by Crippen LogP contribution is -2.67. The van der Waals surface area contributed by atoms with Gasteiger partial charge in [0.2, 0.25) is 5.91 Å². The van der Waals surface area contributed by atoms with Crippen LogP contribution in [0.5, 0.6) is 0 Å². The Bertz CT molecular complexity index is 457. The quantitative estimate of drug-likeness (QED) is 0.823. The first-order chi connectivity index (χ1) is 8.47. The summed E-state index contributed by atoms with van der Waals surface area (Å²) in [4.78, 5) is 13.9. The smallest absolute Gasteiger partial charge is 0.245 e. The summed E-state index contributed by atoms with van der Waals surface area (Å²) in [5, 5.41) is 12.4. The number of aryl methyl sites for hydroxylation is 1. The Hall–Kier alpha value is -1.55. The number of hydrogen-bond acceptors (Lipinski definition) is 3. The average Bonchev–Trinajstić information content (AvgIpc) is 2.33. The van der Waals surface area contributed by atoms with Crippen molar-refractivity contribution < 1.29 is 9.90 Å². The van der Waals surface area contributed by atoms with Crippen LogP contribution in [0.1, 0.15) is 19.4 Å². The normalized spacial score (nSPS) is 22.8. The molecule has 4 heteroatoms. The van der Waals surface area contributed by atoms with Crippen LogP contribution in [-0.2, 0) is 4.79 Å². The maximum absolute atomic E-state index is 11.9. The molecular formula is C14H20N2O2. The summed E-state index contributed by atoms with van der Waals surface area (Å²) in [6.45, 7) is 6.57. The topological polar surface area (TPSA) is 52.6 Å². The fourth-order valence-corrected chi connectivity index (χ4v) is 2.54. The maximum Gasteiger partial charge on any atom is 0.245 e. The van der Waals surface area contributed by atoms with E-state index in [2.05, 4.69) is 19.2 Å². The van der Waals surface area contributed by atoms with E-state index in [1.165, 1.54) is 0 Å². The van der Waals surface area contributed by atoms with Gasteiger partial charge in [-0.3, -0.25) is 4.79 Å². The summed E-state index contributed by atoms with van der Waals surface area (Å²) >= 11 is 0. The van der Waals surface area contributed by atoms with Crippen molar-refractivity contribution in [3.05, 3.63) is 29.8 Å². The molecule has 2 rings (SSSR count). The highest BCUT2D eigenvalue weighted by Gasteiger charge is 2.41. The Kier molecular flexibility index (Phi) is 3.30. The van der Waals surface area contributed by atoms with Crippen molar-refractivity contribution >= 4 is 11.6 Å². The summed E-state index contributed by atoms with van der Waals surface area (Å²) in [7, 11) is 0. The number of para-hydroxylation sites is 1. The molecule has 4 nitrogen and oxygen atoms in total. The van der Waals surface area contributed by atoms with Crippen molar-refractivity contribution in [1.29, 1.82) is 0 Å². The molecule has 0 bridgehead atoms. The molecule has 0 spiro atoms. The minimum absolute atomic E-state index is 0.111. The van der Waals surface area contributed by atoms with Gasteiger partial charge in [-0.1, -0.05) is 18.2 Å². The Labute approximate surface area is 108 Å². The van der Waals surface area contributed by atoms with E-state index in [-0.39, 0.29) is 18.1 Å². The number of anilines is 1. The van der Waals surface area contributed by atoms with E-state index in [9.17, 15) is 9.90 Å². The van der Waals surface area contributed by atoms with Crippen LogP contribution in [0.25, 0.3) is 0 Å². The number of amides is 1. The number of benzene rings is 1. The number of nitrogens with one attached hydrogen (secondary N) is 1. The summed E-state index contributed by atoms with van der Waals surface area (Å²) in [6, 6.07) is 7.43. The molecular weight excluding hydrogens is 228 g/mol. The molecule has 1 heterocycles. The van der Waals surface area contributed by atoms with Crippen LogP contribution in [0, 0.1) is 6.92 Å². The first kappa shape index (κ1) is 12.9. The second-order valence-electron chi connectivity index (χ2n) is 5.39. The van der Waals surface area contributed by atoms with Gasteiger partial charge in [-0.15, -0.1) is 0 Å². The van der Waals surface area contributed by atoms with E-state index < -0.39 is 6.04 Å². The van der Waals surface area contributed by atoms with E-state index in [1.807, 2.05) is 36.1 Å². The molecule has 1 atom stereocenters. The number of carbonyl (C=O) groups is 1. The Morgan fingerprint density at radius 2 is 2.11 bits per heavy atom. The van der Waals surface area contributed by atoms with Crippen molar-refractivity contribution in [3.63, 3.8) is 0 Å². The van der Waals surface area contributed by atoms with E-state index in [0.717, 1.165) is 11.3 Å². The fourth-order valence-electron chi connectivity index (χ4n) is 2.54. The summed E-state index contributed by atoms with van der Waals surface area (Å²) < 4.78 is 0. The van der Waals surface area contributed by atoms with Crippen LogP contribution in [0.2, 0.25) is 0 Å². The van der Waals surface area contributed by atoms with Crippen molar-refractivity contribution in [2.75, 3.05) is 18.1 Å². The van der Waals surface area contributed by atoms with Gasteiger partial charge in [0.05, 0.1) is 12.1 Å². The lowest BCUT2D eigenvalue weighted by molar-refractivity contribution is -0.125. The van der Waals surface area contributed by atoms with Crippen LogP contribution >= 0.6 is 0 Å². The predicted molar refractivity (Wildman–Crippen MR) is 71.6 cm³/mol. The fraction of sp³-hybridized carbons (Fsp3) is 0.500. The number of rotatable bonds is 2. The van der Waals surface area contributed by atoms with Crippen LogP contribution < -0.4 is 10.2 Å². The summed E-state index contributed by atoms with van der Waals surface area (Å²) in [6.07, 6.45) is 0. The average molecular weight is 248 g/mol. The highest BCUT2D eigenvalue weighted by atomic mass is 16.3. The predicted octanol–water partition coefficient (Wildman–Crippen LogP) is 1.07. The second-order valence-corrected chi connectivity index (χ2v) is 5.39. The van der Waals surface area contributed by atoms with E-state index >= 15 is 0 Å². The standard InChI is InChI=1S/C14H20N2O2/c1-10-6-4-5-7-11(10)16-12(8-17)13(18)15-9-14(16,2)3/h4-7,12,17H,8-9H2,1-3H3,(H,15,18). The van der Waals surface area contributed by atoms with Gasteiger partial charge in [-0.25, -0.2) is 0 Å². The monoisotopic (exact) mass is 248 g/mol. The molecule has 1 saturated heterocycles. The van der Waals surface area contributed by atoms with E-state index in [4.69, 9.17) is 0 Å². The zero-order valence-electron chi connectivity index (χ0n) is 11.1. The van der Waals surface area contributed by atoms with Gasteiger partial charge < -0.3 is 15.3 Å². The summed E-state index contributed by atoms with van der Waals surface area (Å²) in [5.74, 6) is -0.111. The number of hydrogen-bond donors (Lipinski definition) is 2. The molecule has 0 aromatic heterocycles. The number of aliphatic hydroxyl groups is 1. The molecule has 1 amide bonds. The molecule has 18 heavy (non-hydrogen) atoms. The SMILES string of the molecule is Cc1ccccc1N1C(CO)C(=O)NCC1(C)C. The highest BCUT2D eigenvalue weighted by Crippen LogP contribution is 2.31. The summed E-state index contributed by atoms with van der Waals surface area (Å²) in [5.41, 5.74) is 1.91. The van der Waals surface area contributed by atoms with Crippen LogP contribution in [0.15, 0.2) is 24.3 Å². The van der Waals surface area contributed by atoms with Gasteiger partial charge in [-0.05, 0) is 32.4 Å². The number of nitrogens with zero attached hydrogens (tertiary/aromatic N) is 1. The maximum atomic E-state index is 11.9. The highest BCUT2D eigenvalue weighted by molar-refractivity contribution is 5.87. The molecule has 1 fully saturated rings. The van der Waals surface area contributed by atoms with Crippen LogP contribution in [0.3, 0.4) is 0 Å². The van der Waals surface area contributed by atoms with Crippen LogP contribution in [0.4, 0.5) is 5.69 Å². The zero-order valence-corrected chi connectivity index (χ0v) is 11.1. The largest absolute Gasteiger partial charge is 0.394 e. The molecule has 2 N–H and O–H groups in total. The number of carbonyl (C=O) groups excluding carboxylic acids is 1. The minimum Gasteiger partial charge on any atom is -0.394 e.